The van der Waals surface area contributed by atoms with E-state index in [-0.39, 0.29) is 18.2 Å². The smallest absolute Gasteiger partial charge is 0.317 e. The van der Waals surface area contributed by atoms with Gasteiger partial charge in [-0.05, 0) is 44.8 Å². The van der Waals surface area contributed by atoms with Crippen molar-refractivity contribution in [1.82, 2.24) is 10.2 Å². The summed E-state index contributed by atoms with van der Waals surface area (Å²) in [6, 6.07) is 0.561. The van der Waals surface area contributed by atoms with Gasteiger partial charge in [0.2, 0.25) is 0 Å². The summed E-state index contributed by atoms with van der Waals surface area (Å²) in [7, 11) is 1.93. The lowest BCUT2D eigenvalue weighted by Crippen LogP contribution is -2.49. The standard InChI is InChI=1S/C15H28N2O2S/c1-4-20-13-8-7-12(10-13)17(3)15(18)16-11(2)14-6-5-9-19-14/h11-14H,4-10H2,1-3H3,(H,16,18). The zero-order chi connectivity index (χ0) is 14.5. The number of hydrogen-bond donors (Lipinski definition) is 1. The molecule has 1 saturated carbocycles. The SMILES string of the molecule is CCSC1CCC(N(C)C(=O)NC(C)C2CCCO2)C1. The normalized spacial score (nSPS) is 31.2. The zero-order valence-corrected chi connectivity index (χ0v) is 13.7. The van der Waals surface area contributed by atoms with Crippen LogP contribution in [0.1, 0.15) is 46.0 Å². The van der Waals surface area contributed by atoms with Crippen molar-refractivity contribution in [2.75, 3.05) is 19.4 Å². The van der Waals surface area contributed by atoms with E-state index in [0.29, 0.717) is 6.04 Å². The van der Waals surface area contributed by atoms with Crippen LogP contribution in [0.15, 0.2) is 0 Å². The molecule has 0 aromatic heterocycles. The molecular formula is C15H28N2O2S. The fraction of sp³-hybridized carbons (Fsp3) is 0.933. The van der Waals surface area contributed by atoms with Gasteiger partial charge < -0.3 is 15.0 Å². The lowest BCUT2D eigenvalue weighted by atomic mass is 10.1. The highest BCUT2D eigenvalue weighted by molar-refractivity contribution is 7.99. The second kappa shape index (κ2) is 7.55. The molecule has 2 aliphatic rings. The predicted molar refractivity (Wildman–Crippen MR) is 84.3 cm³/mol. The molecule has 0 bridgehead atoms. The first-order valence-electron chi connectivity index (χ1n) is 7.88. The van der Waals surface area contributed by atoms with Crippen molar-refractivity contribution >= 4 is 17.8 Å². The number of amides is 2. The maximum absolute atomic E-state index is 12.3. The van der Waals surface area contributed by atoms with Crippen LogP contribution >= 0.6 is 11.8 Å². The van der Waals surface area contributed by atoms with Gasteiger partial charge in [0, 0.05) is 24.9 Å². The Balaban J connectivity index is 1.77. The van der Waals surface area contributed by atoms with Gasteiger partial charge in [-0.1, -0.05) is 6.92 Å². The number of thioether (sulfide) groups is 1. The van der Waals surface area contributed by atoms with E-state index in [1.807, 2.05) is 30.6 Å². The Kier molecular flexibility index (Phi) is 6.02. The Hall–Kier alpha value is -0.420. The summed E-state index contributed by atoms with van der Waals surface area (Å²) in [5.74, 6) is 1.17. The molecule has 0 spiro atoms. The van der Waals surface area contributed by atoms with Crippen LogP contribution in [0.2, 0.25) is 0 Å². The van der Waals surface area contributed by atoms with Crippen LogP contribution in [0.5, 0.6) is 0 Å². The van der Waals surface area contributed by atoms with Crippen molar-refractivity contribution in [1.29, 1.82) is 0 Å². The molecule has 2 fully saturated rings. The van der Waals surface area contributed by atoms with Gasteiger partial charge in [-0.25, -0.2) is 4.79 Å². The molecule has 4 atom stereocenters. The summed E-state index contributed by atoms with van der Waals surface area (Å²) in [4.78, 5) is 14.2. The van der Waals surface area contributed by atoms with Crippen molar-refractivity contribution in [2.45, 2.75) is 69.4 Å². The molecule has 4 unspecified atom stereocenters. The average molecular weight is 300 g/mol. The second-order valence-corrected chi connectivity index (χ2v) is 7.52. The number of nitrogens with zero attached hydrogens (tertiary/aromatic N) is 1. The first kappa shape index (κ1) is 16.0. The molecule has 4 nitrogen and oxygen atoms in total. The molecule has 5 heteroatoms. The third kappa shape index (κ3) is 4.04. The number of carbonyl (C=O) groups is 1. The summed E-state index contributed by atoms with van der Waals surface area (Å²) in [6.07, 6.45) is 5.87. The van der Waals surface area contributed by atoms with E-state index >= 15 is 0 Å². The monoisotopic (exact) mass is 300 g/mol. The summed E-state index contributed by atoms with van der Waals surface area (Å²) in [5.41, 5.74) is 0. The van der Waals surface area contributed by atoms with E-state index in [0.717, 1.165) is 37.5 Å². The highest BCUT2D eigenvalue weighted by Crippen LogP contribution is 2.32. The van der Waals surface area contributed by atoms with E-state index in [9.17, 15) is 4.79 Å². The average Bonchev–Trinajstić information content (AvgIpc) is 3.09. The van der Waals surface area contributed by atoms with Crippen molar-refractivity contribution in [2.24, 2.45) is 0 Å². The van der Waals surface area contributed by atoms with Gasteiger partial charge in [-0.2, -0.15) is 11.8 Å². The van der Waals surface area contributed by atoms with Gasteiger partial charge >= 0.3 is 6.03 Å². The fourth-order valence-electron chi connectivity index (χ4n) is 3.21. The Morgan fingerprint density at radius 3 is 2.90 bits per heavy atom. The largest absolute Gasteiger partial charge is 0.376 e. The van der Waals surface area contributed by atoms with Crippen LogP contribution in [-0.4, -0.2) is 53.8 Å². The lowest BCUT2D eigenvalue weighted by Gasteiger charge is -2.28. The maximum atomic E-state index is 12.3. The van der Waals surface area contributed by atoms with Gasteiger partial charge in [0.05, 0.1) is 12.1 Å². The van der Waals surface area contributed by atoms with Crippen molar-refractivity contribution < 1.29 is 9.53 Å². The quantitative estimate of drug-likeness (QED) is 0.849. The molecule has 1 N–H and O–H groups in total. The van der Waals surface area contributed by atoms with Gasteiger partial charge in [0.25, 0.3) is 0 Å². The Labute approximate surface area is 127 Å². The van der Waals surface area contributed by atoms with E-state index in [1.54, 1.807) is 0 Å². The molecule has 0 aromatic carbocycles. The van der Waals surface area contributed by atoms with E-state index in [2.05, 4.69) is 12.2 Å². The first-order valence-corrected chi connectivity index (χ1v) is 8.93. The number of urea groups is 1. The predicted octanol–water partition coefficient (Wildman–Crippen LogP) is 2.87. The third-order valence-electron chi connectivity index (χ3n) is 4.50. The molecule has 1 heterocycles. The van der Waals surface area contributed by atoms with Gasteiger partial charge in [-0.3, -0.25) is 0 Å². The van der Waals surface area contributed by atoms with Crippen molar-refractivity contribution in [3.8, 4) is 0 Å². The molecule has 1 aliphatic heterocycles. The van der Waals surface area contributed by atoms with E-state index < -0.39 is 0 Å². The van der Waals surface area contributed by atoms with Gasteiger partial charge in [0.1, 0.15) is 0 Å². The minimum Gasteiger partial charge on any atom is -0.376 e. The van der Waals surface area contributed by atoms with Crippen LogP contribution in [-0.2, 0) is 4.74 Å². The highest BCUT2D eigenvalue weighted by atomic mass is 32.2. The second-order valence-electron chi connectivity index (χ2n) is 5.94. The van der Waals surface area contributed by atoms with Crippen molar-refractivity contribution in [3.63, 3.8) is 0 Å². The van der Waals surface area contributed by atoms with Crippen LogP contribution < -0.4 is 5.32 Å². The van der Waals surface area contributed by atoms with Crippen LogP contribution in [0.4, 0.5) is 4.79 Å². The molecule has 0 radical (unpaired) electrons. The Morgan fingerprint density at radius 1 is 1.45 bits per heavy atom. The van der Waals surface area contributed by atoms with Crippen LogP contribution in [0.3, 0.4) is 0 Å². The maximum Gasteiger partial charge on any atom is 0.317 e. The van der Waals surface area contributed by atoms with Crippen molar-refractivity contribution in [3.05, 3.63) is 0 Å². The minimum absolute atomic E-state index is 0.0557. The number of carbonyl (C=O) groups excluding carboxylic acids is 1. The number of ether oxygens (including phenoxy) is 1. The topological polar surface area (TPSA) is 41.6 Å². The molecular weight excluding hydrogens is 272 g/mol. The highest BCUT2D eigenvalue weighted by Gasteiger charge is 2.31. The lowest BCUT2D eigenvalue weighted by molar-refractivity contribution is 0.0829. The molecule has 20 heavy (non-hydrogen) atoms. The van der Waals surface area contributed by atoms with Gasteiger partial charge in [0.15, 0.2) is 0 Å². The van der Waals surface area contributed by atoms with E-state index in [1.165, 1.54) is 12.2 Å². The molecule has 1 aliphatic carbocycles. The van der Waals surface area contributed by atoms with Crippen LogP contribution in [0, 0.1) is 0 Å². The first-order chi connectivity index (χ1) is 9.61. The summed E-state index contributed by atoms with van der Waals surface area (Å²) >= 11 is 2.03. The zero-order valence-electron chi connectivity index (χ0n) is 12.9. The van der Waals surface area contributed by atoms with Gasteiger partial charge in [-0.15, -0.1) is 0 Å². The van der Waals surface area contributed by atoms with Crippen LogP contribution in [0.25, 0.3) is 0 Å². The molecule has 2 rings (SSSR count). The minimum atomic E-state index is 0.0557. The molecule has 2 amide bonds. The molecule has 116 valence electrons. The summed E-state index contributed by atoms with van der Waals surface area (Å²) in [5, 5.41) is 3.83. The number of hydrogen-bond acceptors (Lipinski definition) is 3. The molecule has 0 aromatic rings. The number of nitrogens with one attached hydrogen (secondary N) is 1. The summed E-state index contributed by atoms with van der Waals surface area (Å²) < 4.78 is 5.63. The third-order valence-corrected chi connectivity index (χ3v) is 5.73. The summed E-state index contributed by atoms with van der Waals surface area (Å²) in [6.45, 7) is 5.09. The Bertz CT molecular complexity index is 321. The number of rotatable bonds is 5. The Morgan fingerprint density at radius 2 is 2.25 bits per heavy atom. The van der Waals surface area contributed by atoms with E-state index in [4.69, 9.17) is 4.74 Å². The fourth-order valence-corrected chi connectivity index (χ4v) is 4.34. The molecule has 1 saturated heterocycles.